The molecule has 0 aliphatic carbocycles. The minimum Gasteiger partial charge on any atom is -0.378 e. The van der Waals surface area contributed by atoms with Gasteiger partial charge in [-0.3, -0.25) is 0 Å². The maximum absolute atomic E-state index is 13.7. The van der Waals surface area contributed by atoms with Crippen LogP contribution in [0.4, 0.5) is 14.5 Å². The predicted octanol–water partition coefficient (Wildman–Crippen LogP) is 5.47. The summed E-state index contributed by atoms with van der Waals surface area (Å²) in [5.74, 6) is -1.25. The van der Waals surface area contributed by atoms with Crippen LogP contribution in [0.25, 0.3) is 10.9 Å². The van der Waals surface area contributed by atoms with E-state index in [-0.39, 0.29) is 5.69 Å². The van der Waals surface area contributed by atoms with Crippen molar-refractivity contribution in [3.05, 3.63) is 63.2 Å². The standard InChI is InChI=1S/C15H10BrClF2N2/c16-12-4-10(18)5-13(19)15(12)21-7-8-6-20-14-3-9(17)1-2-11(8)14/h1-6,20-21H,7H2. The van der Waals surface area contributed by atoms with Crippen LogP contribution in [-0.2, 0) is 6.54 Å². The number of aromatic nitrogens is 1. The molecule has 2 N–H and O–H groups in total. The molecule has 1 aromatic heterocycles. The molecule has 108 valence electrons. The van der Waals surface area contributed by atoms with Crippen LogP contribution < -0.4 is 5.32 Å². The van der Waals surface area contributed by atoms with Gasteiger partial charge in [0.25, 0.3) is 0 Å². The van der Waals surface area contributed by atoms with Gasteiger partial charge in [-0.15, -0.1) is 0 Å². The van der Waals surface area contributed by atoms with Gasteiger partial charge in [-0.05, 0) is 39.7 Å². The first-order valence-corrected chi connectivity index (χ1v) is 7.35. The summed E-state index contributed by atoms with van der Waals surface area (Å²) >= 11 is 9.08. The molecule has 2 nitrogen and oxygen atoms in total. The van der Waals surface area contributed by atoms with Gasteiger partial charge >= 0.3 is 0 Å². The molecular formula is C15H10BrClF2N2. The number of aromatic amines is 1. The van der Waals surface area contributed by atoms with Gasteiger partial charge in [-0.1, -0.05) is 17.7 Å². The molecule has 0 saturated heterocycles. The zero-order chi connectivity index (χ0) is 15.0. The zero-order valence-electron chi connectivity index (χ0n) is 10.7. The molecule has 0 unspecified atom stereocenters. The third kappa shape index (κ3) is 2.89. The molecule has 0 aliphatic rings. The van der Waals surface area contributed by atoms with Crippen LogP contribution in [0.5, 0.6) is 0 Å². The van der Waals surface area contributed by atoms with Crippen LogP contribution in [0.1, 0.15) is 5.56 Å². The summed E-state index contributed by atoms with van der Waals surface area (Å²) in [6.45, 7) is 0.406. The molecule has 0 atom stereocenters. The summed E-state index contributed by atoms with van der Waals surface area (Å²) in [5, 5.41) is 4.63. The Labute approximate surface area is 133 Å². The number of rotatable bonds is 3. The van der Waals surface area contributed by atoms with Crippen molar-refractivity contribution in [2.75, 3.05) is 5.32 Å². The molecule has 6 heteroatoms. The van der Waals surface area contributed by atoms with Crippen molar-refractivity contribution in [3.63, 3.8) is 0 Å². The highest BCUT2D eigenvalue weighted by Crippen LogP contribution is 2.28. The van der Waals surface area contributed by atoms with Gasteiger partial charge in [0.05, 0.1) is 5.69 Å². The van der Waals surface area contributed by atoms with Crippen molar-refractivity contribution in [2.24, 2.45) is 0 Å². The van der Waals surface area contributed by atoms with Gasteiger partial charge in [0.15, 0.2) is 0 Å². The predicted molar refractivity (Wildman–Crippen MR) is 84.7 cm³/mol. The van der Waals surface area contributed by atoms with Crippen molar-refractivity contribution in [1.82, 2.24) is 4.98 Å². The van der Waals surface area contributed by atoms with Crippen LogP contribution in [0, 0.1) is 11.6 Å². The maximum atomic E-state index is 13.7. The van der Waals surface area contributed by atoms with Crippen molar-refractivity contribution in [3.8, 4) is 0 Å². The van der Waals surface area contributed by atoms with Gasteiger partial charge in [0.1, 0.15) is 11.6 Å². The molecule has 0 saturated carbocycles. The number of halogens is 4. The number of H-pyrrole nitrogens is 1. The van der Waals surface area contributed by atoms with E-state index in [2.05, 4.69) is 26.2 Å². The topological polar surface area (TPSA) is 27.8 Å². The third-order valence-corrected chi connectivity index (χ3v) is 4.05. The summed E-state index contributed by atoms with van der Waals surface area (Å²) < 4.78 is 27.2. The fourth-order valence-electron chi connectivity index (χ4n) is 2.20. The Kier molecular flexibility index (Phi) is 3.87. The number of hydrogen-bond donors (Lipinski definition) is 2. The van der Waals surface area contributed by atoms with E-state index >= 15 is 0 Å². The summed E-state index contributed by atoms with van der Waals surface area (Å²) in [5.41, 5.74) is 2.12. The minimum atomic E-state index is -0.634. The molecule has 3 rings (SSSR count). The Morgan fingerprint density at radius 1 is 1.19 bits per heavy atom. The summed E-state index contributed by atoms with van der Waals surface area (Å²) in [7, 11) is 0. The fourth-order valence-corrected chi connectivity index (χ4v) is 2.92. The highest BCUT2D eigenvalue weighted by Gasteiger charge is 2.10. The molecule has 0 fully saturated rings. The Balaban J connectivity index is 1.87. The average molecular weight is 372 g/mol. The monoisotopic (exact) mass is 370 g/mol. The summed E-state index contributed by atoms with van der Waals surface area (Å²) in [4.78, 5) is 3.11. The van der Waals surface area contributed by atoms with Gasteiger partial charge in [0, 0.05) is 39.2 Å². The van der Waals surface area contributed by atoms with E-state index in [4.69, 9.17) is 11.6 Å². The molecular weight excluding hydrogens is 362 g/mol. The fraction of sp³-hybridized carbons (Fsp3) is 0.0667. The summed E-state index contributed by atoms with van der Waals surface area (Å²) in [6.07, 6.45) is 1.84. The lowest BCUT2D eigenvalue weighted by atomic mass is 10.1. The molecule has 0 radical (unpaired) electrons. The van der Waals surface area contributed by atoms with Gasteiger partial charge < -0.3 is 10.3 Å². The molecule has 3 aromatic rings. The van der Waals surface area contributed by atoms with E-state index in [9.17, 15) is 8.78 Å². The zero-order valence-corrected chi connectivity index (χ0v) is 13.0. The molecule has 21 heavy (non-hydrogen) atoms. The lowest BCUT2D eigenvalue weighted by Gasteiger charge is -2.09. The van der Waals surface area contributed by atoms with Gasteiger partial charge in [0.2, 0.25) is 0 Å². The first-order valence-electron chi connectivity index (χ1n) is 6.18. The Morgan fingerprint density at radius 3 is 2.76 bits per heavy atom. The Bertz CT molecular complexity index is 794. The van der Waals surface area contributed by atoms with E-state index in [0.29, 0.717) is 16.0 Å². The van der Waals surface area contributed by atoms with Crippen molar-refractivity contribution < 1.29 is 8.78 Å². The second-order valence-corrected chi connectivity index (χ2v) is 5.89. The number of fused-ring (bicyclic) bond motifs is 1. The third-order valence-electron chi connectivity index (χ3n) is 3.19. The van der Waals surface area contributed by atoms with E-state index in [1.807, 2.05) is 18.3 Å². The molecule has 0 bridgehead atoms. The van der Waals surface area contributed by atoms with Crippen molar-refractivity contribution >= 4 is 44.1 Å². The van der Waals surface area contributed by atoms with E-state index in [0.717, 1.165) is 22.5 Å². The number of hydrogen-bond acceptors (Lipinski definition) is 1. The van der Waals surface area contributed by atoms with Crippen molar-refractivity contribution in [2.45, 2.75) is 6.54 Å². The first kappa shape index (κ1) is 14.4. The number of benzene rings is 2. The number of nitrogens with one attached hydrogen (secondary N) is 2. The van der Waals surface area contributed by atoms with E-state index < -0.39 is 11.6 Å². The smallest absolute Gasteiger partial charge is 0.150 e. The van der Waals surface area contributed by atoms with Gasteiger partial charge in [-0.2, -0.15) is 0 Å². The molecule has 0 spiro atoms. The average Bonchev–Trinajstić information content (AvgIpc) is 2.79. The van der Waals surface area contributed by atoms with Crippen molar-refractivity contribution in [1.29, 1.82) is 0 Å². The number of anilines is 1. The lowest BCUT2D eigenvalue weighted by molar-refractivity contribution is 0.583. The SMILES string of the molecule is Fc1cc(F)c(NCc2c[nH]c3cc(Cl)ccc23)c(Br)c1. The van der Waals surface area contributed by atoms with Crippen LogP contribution in [0.15, 0.2) is 41.0 Å². The minimum absolute atomic E-state index is 0.236. The van der Waals surface area contributed by atoms with Gasteiger partial charge in [-0.25, -0.2) is 8.78 Å². The van der Waals surface area contributed by atoms with E-state index in [1.54, 1.807) is 6.07 Å². The van der Waals surface area contributed by atoms with Crippen LogP contribution in [0.3, 0.4) is 0 Å². The Hall–Kier alpha value is -1.59. The quantitative estimate of drug-likeness (QED) is 0.627. The normalized spacial score (nSPS) is 11.0. The second kappa shape index (κ2) is 5.66. The molecule has 2 aromatic carbocycles. The molecule has 1 heterocycles. The maximum Gasteiger partial charge on any atom is 0.150 e. The van der Waals surface area contributed by atoms with Crippen LogP contribution in [0.2, 0.25) is 5.02 Å². The second-order valence-electron chi connectivity index (χ2n) is 4.60. The molecule has 0 amide bonds. The van der Waals surface area contributed by atoms with Crippen LogP contribution in [-0.4, -0.2) is 4.98 Å². The highest BCUT2D eigenvalue weighted by molar-refractivity contribution is 9.10. The first-order chi connectivity index (χ1) is 10.0. The van der Waals surface area contributed by atoms with Crippen LogP contribution >= 0.6 is 27.5 Å². The molecule has 0 aliphatic heterocycles. The largest absolute Gasteiger partial charge is 0.378 e. The summed E-state index contributed by atoms with van der Waals surface area (Å²) in [6, 6.07) is 7.61. The lowest BCUT2D eigenvalue weighted by Crippen LogP contribution is -2.02. The van der Waals surface area contributed by atoms with E-state index in [1.165, 1.54) is 6.07 Å². The Morgan fingerprint density at radius 2 is 2.00 bits per heavy atom. The highest BCUT2D eigenvalue weighted by atomic mass is 79.9.